The van der Waals surface area contributed by atoms with Crippen LogP contribution in [-0.4, -0.2) is 6.29 Å². The van der Waals surface area contributed by atoms with Crippen LogP contribution >= 0.6 is 34.8 Å². The summed E-state index contributed by atoms with van der Waals surface area (Å²) in [5.41, 5.74) is 0.415. The number of halogens is 3. The minimum Gasteiger partial charge on any atom is -0.457 e. The number of rotatable bonds is 3. The maximum atomic E-state index is 10.6. The molecule has 18 heavy (non-hydrogen) atoms. The molecule has 0 heterocycles. The second kappa shape index (κ2) is 5.61. The summed E-state index contributed by atoms with van der Waals surface area (Å²) in [6.07, 6.45) is 0.686. The summed E-state index contributed by atoms with van der Waals surface area (Å²) in [5, 5.41) is 1.20. The van der Waals surface area contributed by atoms with Crippen LogP contribution in [0.4, 0.5) is 0 Å². The van der Waals surface area contributed by atoms with Crippen molar-refractivity contribution in [3.8, 4) is 11.5 Å². The third-order valence-electron chi connectivity index (χ3n) is 2.23. The SMILES string of the molecule is O=Cc1ccc(Oc2ccc(Cl)c(Cl)c2)cc1Cl. The zero-order chi connectivity index (χ0) is 13.1. The molecule has 92 valence electrons. The minimum atomic E-state index is 0.336. The van der Waals surface area contributed by atoms with E-state index < -0.39 is 0 Å². The quantitative estimate of drug-likeness (QED) is 0.724. The predicted octanol–water partition coefficient (Wildman–Crippen LogP) is 5.25. The van der Waals surface area contributed by atoms with Crippen LogP contribution in [0.25, 0.3) is 0 Å². The van der Waals surface area contributed by atoms with Crippen molar-refractivity contribution in [1.29, 1.82) is 0 Å². The number of carbonyl (C=O) groups excluding carboxylic acids is 1. The smallest absolute Gasteiger partial charge is 0.151 e. The van der Waals surface area contributed by atoms with E-state index in [-0.39, 0.29) is 0 Å². The number of benzene rings is 2. The summed E-state index contributed by atoms with van der Waals surface area (Å²) in [7, 11) is 0. The first kappa shape index (κ1) is 13.2. The van der Waals surface area contributed by atoms with Gasteiger partial charge in [0.1, 0.15) is 11.5 Å². The molecule has 0 aliphatic heterocycles. The van der Waals surface area contributed by atoms with E-state index in [9.17, 15) is 4.79 Å². The lowest BCUT2D eigenvalue weighted by atomic mass is 10.2. The van der Waals surface area contributed by atoms with Gasteiger partial charge in [-0.3, -0.25) is 4.79 Å². The molecule has 0 aromatic heterocycles. The molecule has 0 radical (unpaired) electrons. The first-order valence-electron chi connectivity index (χ1n) is 4.98. The Labute approximate surface area is 119 Å². The number of hydrogen-bond donors (Lipinski definition) is 0. The molecule has 0 saturated heterocycles. The summed E-state index contributed by atoms with van der Waals surface area (Å²) in [6, 6.07) is 9.73. The Morgan fingerprint density at radius 3 is 2.00 bits per heavy atom. The number of carbonyl (C=O) groups is 1. The predicted molar refractivity (Wildman–Crippen MR) is 73.4 cm³/mol. The summed E-state index contributed by atoms with van der Waals surface area (Å²) < 4.78 is 5.55. The molecular weight excluding hydrogens is 294 g/mol. The van der Waals surface area contributed by atoms with E-state index in [1.165, 1.54) is 0 Å². The molecule has 0 N–H and O–H groups in total. The van der Waals surface area contributed by atoms with Gasteiger partial charge in [-0.1, -0.05) is 34.8 Å². The maximum Gasteiger partial charge on any atom is 0.151 e. The lowest BCUT2D eigenvalue weighted by Gasteiger charge is -2.07. The van der Waals surface area contributed by atoms with Gasteiger partial charge in [-0.2, -0.15) is 0 Å². The van der Waals surface area contributed by atoms with Crippen molar-refractivity contribution in [2.45, 2.75) is 0 Å². The highest BCUT2D eigenvalue weighted by molar-refractivity contribution is 6.42. The van der Waals surface area contributed by atoms with Gasteiger partial charge in [0, 0.05) is 17.7 Å². The van der Waals surface area contributed by atoms with Gasteiger partial charge in [-0.15, -0.1) is 0 Å². The highest BCUT2D eigenvalue weighted by Crippen LogP contribution is 2.30. The standard InChI is InChI=1S/C13H7Cl3O2/c14-11-4-3-10(6-13(11)16)18-9-2-1-8(7-17)12(15)5-9/h1-7H. The van der Waals surface area contributed by atoms with Gasteiger partial charge in [-0.25, -0.2) is 0 Å². The Bertz CT molecular complexity index is 597. The van der Waals surface area contributed by atoms with Crippen LogP contribution in [-0.2, 0) is 0 Å². The van der Waals surface area contributed by atoms with Crippen molar-refractivity contribution in [1.82, 2.24) is 0 Å². The molecule has 2 rings (SSSR count). The summed E-state index contributed by atoms with van der Waals surface area (Å²) >= 11 is 17.6. The molecule has 0 unspecified atom stereocenters. The average molecular weight is 302 g/mol. The zero-order valence-electron chi connectivity index (χ0n) is 8.99. The van der Waals surface area contributed by atoms with E-state index in [1.807, 2.05) is 0 Å². The molecule has 0 atom stereocenters. The van der Waals surface area contributed by atoms with Crippen LogP contribution in [0.5, 0.6) is 11.5 Å². The van der Waals surface area contributed by atoms with E-state index in [1.54, 1.807) is 36.4 Å². The molecule has 2 aromatic rings. The van der Waals surface area contributed by atoms with Crippen molar-refractivity contribution in [2.75, 3.05) is 0 Å². The fourth-order valence-electron chi connectivity index (χ4n) is 1.34. The molecule has 5 heteroatoms. The van der Waals surface area contributed by atoms with Crippen LogP contribution < -0.4 is 4.74 Å². The van der Waals surface area contributed by atoms with Crippen molar-refractivity contribution in [3.05, 3.63) is 57.0 Å². The number of aldehydes is 1. The Balaban J connectivity index is 2.25. The van der Waals surface area contributed by atoms with Gasteiger partial charge in [0.05, 0.1) is 15.1 Å². The third-order valence-corrected chi connectivity index (χ3v) is 3.29. The summed E-state index contributed by atoms with van der Waals surface area (Å²) in [4.78, 5) is 10.6. The van der Waals surface area contributed by atoms with Gasteiger partial charge < -0.3 is 4.74 Å². The first-order valence-corrected chi connectivity index (χ1v) is 6.11. The molecule has 0 aliphatic rings. The Hall–Kier alpha value is -1.22. The van der Waals surface area contributed by atoms with E-state index >= 15 is 0 Å². The van der Waals surface area contributed by atoms with Crippen LogP contribution in [0, 0.1) is 0 Å². The average Bonchev–Trinajstić information content (AvgIpc) is 2.34. The maximum absolute atomic E-state index is 10.6. The Kier molecular flexibility index (Phi) is 4.12. The van der Waals surface area contributed by atoms with Crippen LogP contribution in [0.1, 0.15) is 10.4 Å². The molecule has 0 amide bonds. The largest absolute Gasteiger partial charge is 0.457 e. The van der Waals surface area contributed by atoms with E-state index in [2.05, 4.69) is 0 Å². The van der Waals surface area contributed by atoms with Crippen molar-refractivity contribution in [2.24, 2.45) is 0 Å². The van der Waals surface area contributed by atoms with Crippen LogP contribution in [0.2, 0.25) is 15.1 Å². The lowest BCUT2D eigenvalue weighted by Crippen LogP contribution is -1.87. The molecule has 0 saturated carbocycles. The Morgan fingerprint density at radius 1 is 0.833 bits per heavy atom. The lowest BCUT2D eigenvalue weighted by molar-refractivity contribution is 0.112. The van der Waals surface area contributed by atoms with Gasteiger partial charge in [0.2, 0.25) is 0 Å². The highest BCUT2D eigenvalue weighted by atomic mass is 35.5. The first-order chi connectivity index (χ1) is 8.60. The van der Waals surface area contributed by atoms with E-state index in [4.69, 9.17) is 39.5 Å². The molecule has 0 fully saturated rings. The Morgan fingerprint density at radius 2 is 1.44 bits per heavy atom. The van der Waals surface area contributed by atoms with Gasteiger partial charge in [0.25, 0.3) is 0 Å². The molecule has 2 aromatic carbocycles. The monoisotopic (exact) mass is 300 g/mol. The fraction of sp³-hybridized carbons (Fsp3) is 0. The van der Waals surface area contributed by atoms with Crippen molar-refractivity contribution in [3.63, 3.8) is 0 Å². The fourth-order valence-corrected chi connectivity index (χ4v) is 1.85. The topological polar surface area (TPSA) is 26.3 Å². The summed E-state index contributed by atoms with van der Waals surface area (Å²) in [6.45, 7) is 0. The van der Waals surface area contributed by atoms with E-state index in [0.717, 1.165) is 0 Å². The number of ether oxygens (including phenoxy) is 1. The van der Waals surface area contributed by atoms with Crippen molar-refractivity contribution >= 4 is 41.1 Å². The molecule has 0 aliphatic carbocycles. The zero-order valence-corrected chi connectivity index (χ0v) is 11.3. The van der Waals surface area contributed by atoms with Crippen molar-refractivity contribution < 1.29 is 9.53 Å². The number of hydrogen-bond acceptors (Lipinski definition) is 2. The summed E-state index contributed by atoms with van der Waals surface area (Å²) in [5.74, 6) is 1.06. The highest BCUT2D eigenvalue weighted by Gasteiger charge is 2.04. The van der Waals surface area contributed by atoms with E-state index in [0.29, 0.717) is 38.4 Å². The molecule has 2 nitrogen and oxygen atoms in total. The normalized spacial score (nSPS) is 10.2. The van der Waals surface area contributed by atoms with Crippen LogP contribution in [0.15, 0.2) is 36.4 Å². The van der Waals surface area contributed by atoms with Gasteiger partial charge in [0.15, 0.2) is 6.29 Å². The second-order valence-electron chi connectivity index (χ2n) is 3.48. The van der Waals surface area contributed by atoms with Gasteiger partial charge >= 0.3 is 0 Å². The molecule has 0 bridgehead atoms. The minimum absolute atomic E-state index is 0.336. The third kappa shape index (κ3) is 2.96. The molecular formula is C13H7Cl3O2. The van der Waals surface area contributed by atoms with Crippen LogP contribution in [0.3, 0.4) is 0 Å². The van der Waals surface area contributed by atoms with Gasteiger partial charge in [-0.05, 0) is 24.3 Å². The second-order valence-corrected chi connectivity index (χ2v) is 4.70. The molecule has 0 spiro atoms.